The van der Waals surface area contributed by atoms with E-state index in [9.17, 15) is 21.2 Å². The van der Waals surface area contributed by atoms with Gasteiger partial charge in [0.15, 0.2) is 9.84 Å². The predicted octanol–water partition coefficient (Wildman–Crippen LogP) is 2.24. The second-order valence-corrected chi connectivity index (χ2v) is 9.83. The highest BCUT2D eigenvalue weighted by molar-refractivity contribution is 7.91. The van der Waals surface area contributed by atoms with Crippen LogP contribution in [-0.2, 0) is 19.9 Å². The normalized spacial score (nSPS) is 13.6. The first-order chi connectivity index (χ1) is 11.6. The molecular weight excluding hydrogens is 365 g/mol. The highest BCUT2D eigenvalue weighted by atomic mass is 32.2. The van der Waals surface area contributed by atoms with Crippen molar-refractivity contribution in [2.75, 3.05) is 18.6 Å². The first kappa shape index (κ1) is 19.6. The molecule has 0 bridgehead atoms. The Balaban J connectivity index is 2.31. The molecule has 0 aromatic heterocycles. The Labute approximate surface area is 147 Å². The molecule has 0 fully saturated rings. The molecule has 2 aromatic rings. The quantitative estimate of drug-likeness (QED) is 0.793. The molecule has 0 heterocycles. The van der Waals surface area contributed by atoms with Gasteiger partial charge >= 0.3 is 0 Å². The Kier molecular flexibility index (Phi) is 5.97. The zero-order valence-electron chi connectivity index (χ0n) is 13.9. The van der Waals surface area contributed by atoms with Crippen LogP contribution in [-0.4, -0.2) is 35.4 Å². The summed E-state index contributed by atoms with van der Waals surface area (Å²) in [5, 5.41) is 0. The summed E-state index contributed by atoms with van der Waals surface area (Å²) in [4.78, 5) is 0.171. The Hall–Kier alpha value is -1.77. The molecular formula is C17H20FNO4S2. The van der Waals surface area contributed by atoms with Crippen LogP contribution < -0.4 is 4.72 Å². The fourth-order valence-electron chi connectivity index (χ4n) is 2.37. The summed E-state index contributed by atoms with van der Waals surface area (Å²) in [7, 11) is -7.11. The molecule has 0 aliphatic heterocycles. The van der Waals surface area contributed by atoms with Gasteiger partial charge in [0.05, 0.1) is 16.9 Å². The average Bonchev–Trinajstić information content (AvgIpc) is 2.52. The Bertz CT molecular complexity index is 922. The Morgan fingerprint density at radius 3 is 2.04 bits per heavy atom. The van der Waals surface area contributed by atoms with Crippen LogP contribution >= 0.6 is 0 Å². The number of sulfonamides is 1. The largest absolute Gasteiger partial charge is 0.224 e. The number of nitrogens with one attached hydrogen (secondary N) is 1. The minimum atomic E-state index is -3.63. The second-order valence-electron chi connectivity index (χ2n) is 5.96. The van der Waals surface area contributed by atoms with E-state index in [1.54, 1.807) is 12.1 Å². The lowest BCUT2D eigenvalue weighted by atomic mass is 10.0. The predicted molar refractivity (Wildman–Crippen MR) is 95.2 cm³/mol. The van der Waals surface area contributed by atoms with Crippen LogP contribution in [0.1, 0.15) is 17.0 Å². The number of benzene rings is 2. The van der Waals surface area contributed by atoms with Crippen LogP contribution in [0.15, 0.2) is 53.4 Å². The Morgan fingerprint density at radius 2 is 1.52 bits per heavy atom. The number of aryl methyl sites for hydroxylation is 1. The maximum absolute atomic E-state index is 13.1. The van der Waals surface area contributed by atoms with Crippen molar-refractivity contribution in [3.8, 4) is 0 Å². The monoisotopic (exact) mass is 385 g/mol. The fraction of sp³-hybridized carbons (Fsp3) is 0.294. The van der Waals surface area contributed by atoms with Gasteiger partial charge in [0.25, 0.3) is 0 Å². The SMILES string of the molecule is Cc1ccc(S(=O)(=O)CC(CNS(C)(=O)=O)c2ccc(F)cc2)cc1. The molecule has 0 saturated carbocycles. The molecule has 0 radical (unpaired) electrons. The third-order valence-electron chi connectivity index (χ3n) is 3.73. The van der Waals surface area contributed by atoms with Crippen LogP contribution in [0.3, 0.4) is 0 Å². The van der Waals surface area contributed by atoms with Crippen LogP contribution in [0.5, 0.6) is 0 Å². The van der Waals surface area contributed by atoms with E-state index in [4.69, 9.17) is 0 Å². The first-order valence-corrected chi connectivity index (χ1v) is 11.1. The molecule has 1 N–H and O–H groups in total. The van der Waals surface area contributed by atoms with E-state index in [0.717, 1.165) is 11.8 Å². The Morgan fingerprint density at radius 1 is 0.960 bits per heavy atom. The summed E-state index contributed by atoms with van der Waals surface area (Å²) in [6.45, 7) is 1.77. The van der Waals surface area contributed by atoms with Gasteiger partial charge in [0.1, 0.15) is 5.82 Å². The third kappa shape index (κ3) is 5.91. The van der Waals surface area contributed by atoms with Gasteiger partial charge in [-0.25, -0.2) is 25.9 Å². The summed E-state index contributed by atoms with van der Waals surface area (Å²) in [5.74, 6) is -1.37. The first-order valence-electron chi connectivity index (χ1n) is 7.56. The lowest BCUT2D eigenvalue weighted by molar-refractivity contribution is 0.570. The van der Waals surface area contributed by atoms with Gasteiger partial charge in [0, 0.05) is 12.5 Å². The van der Waals surface area contributed by atoms with Gasteiger partial charge < -0.3 is 0 Å². The second kappa shape index (κ2) is 7.63. The number of hydrogen-bond acceptors (Lipinski definition) is 4. The number of hydrogen-bond donors (Lipinski definition) is 1. The summed E-state index contributed by atoms with van der Waals surface area (Å²) < 4.78 is 63.6. The molecule has 8 heteroatoms. The smallest absolute Gasteiger partial charge is 0.208 e. The molecule has 2 rings (SSSR count). The maximum Gasteiger partial charge on any atom is 0.208 e. The van der Waals surface area contributed by atoms with Crippen molar-refractivity contribution in [1.82, 2.24) is 4.72 Å². The highest BCUT2D eigenvalue weighted by Crippen LogP contribution is 2.22. The lowest BCUT2D eigenvalue weighted by Crippen LogP contribution is -2.30. The molecule has 136 valence electrons. The van der Waals surface area contributed by atoms with E-state index in [-0.39, 0.29) is 17.2 Å². The molecule has 0 spiro atoms. The van der Waals surface area contributed by atoms with Crippen molar-refractivity contribution in [2.24, 2.45) is 0 Å². The fourth-order valence-corrected chi connectivity index (χ4v) is 4.45. The van der Waals surface area contributed by atoms with Crippen molar-refractivity contribution in [3.05, 3.63) is 65.5 Å². The van der Waals surface area contributed by atoms with Crippen LogP contribution in [0.4, 0.5) is 4.39 Å². The molecule has 2 aromatic carbocycles. The average molecular weight is 385 g/mol. The van der Waals surface area contributed by atoms with Gasteiger partial charge in [-0.15, -0.1) is 0 Å². The number of rotatable bonds is 7. The van der Waals surface area contributed by atoms with E-state index in [1.807, 2.05) is 6.92 Å². The van der Waals surface area contributed by atoms with Gasteiger partial charge in [-0.3, -0.25) is 0 Å². The lowest BCUT2D eigenvalue weighted by Gasteiger charge is -2.18. The minimum absolute atomic E-state index is 0.0877. The molecule has 1 unspecified atom stereocenters. The molecule has 0 aliphatic carbocycles. The van der Waals surface area contributed by atoms with Gasteiger partial charge in [-0.05, 0) is 36.8 Å². The van der Waals surface area contributed by atoms with Crippen molar-refractivity contribution in [2.45, 2.75) is 17.7 Å². The van der Waals surface area contributed by atoms with Crippen molar-refractivity contribution in [3.63, 3.8) is 0 Å². The van der Waals surface area contributed by atoms with Crippen LogP contribution in [0.2, 0.25) is 0 Å². The van der Waals surface area contributed by atoms with E-state index in [0.29, 0.717) is 5.56 Å². The van der Waals surface area contributed by atoms with E-state index in [2.05, 4.69) is 4.72 Å². The number of halogens is 1. The maximum atomic E-state index is 13.1. The van der Waals surface area contributed by atoms with Gasteiger partial charge in [-0.1, -0.05) is 29.8 Å². The molecule has 0 amide bonds. The van der Waals surface area contributed by atoms with Gasteiger partial charge in [0.2, 0.25) is 10.0 Å². The summed E-state index contributed by atoms with van der Waals surface area (Å²) >= 11 is 0. The van der Waals surface area contributed by atoms with Crippen molar-refractivity contribution < 1.29 is 21.2 Å². The molecule has 0 aliphatic rings. The summed E-state index contributed by atoms with van der Waals surface area (Å²) in [5.41, 5.74) is 1.49. The molecule has 1 atom stereocenters. The molecule has 5 nitrogen and oxygen atoms in total. The minimum Gasteiger partial charge on any atom is -0.224 e. The summed E-state index contributed by atoms with van der Waals surface area (Å²) in [6.07, 6.45) is 1.00. The van der Waals surface area contributed by atoms with Crippen molar-refractivity contribution in [1.29, 1.82) is 0 Å². The number of sulfone groups is 1. The topological polar surface area (TPSA) is 80.3 Å². The summed E-state index contributed by atoms with van der Waals surface area (Å²) in [6, 6.07) is 11.8. The van der Waals surface area contributed by atoms with Crippen LogP contribution in [0, 0.1) is 12.7 Å². The van der Waals surface area contributed by atoms with E-state index in [1.165, 1.54) is 36.4 Å². The van der Waals surface area contributed by atoms with E-state index >= 15 is 0 Å². The molecule has 0 saturated heterocycles. The zero-order valence-corrected chi connectivity index (χ0v) is 15.6. The van der Waals surface area contributed by atoms with Gasteiger partial charge in [-0.2, -0.15) is 0 Å². The van der Waals surface area contributed by atoms with Crippen LogP contribution in [0.25, 0.3) is 0 Å². The zero-order chi connectivity index (χ0) is 18.7. The standard InChI is InChI=1S/C17H20FNO4S2/c1-13-3-9-17(10-4-13)25(22,23)12-15(11-19-24(2,20)21)14-5-7-16(18)8-6-14/h3-10,15,19H,11-12H2,1-2H3. The van der Waals surface area contributed by atoms with Crippen molar-refractivity contribution >= 4 is 19.9 Å². The highest BCUT2D eigenvalue weighted by Gasteiger charge is 2.23. The third-order valence-corrected chi connectivity index (χ3v) is 6.26. The van der Waals surface area contributed by atoms with E-state index < -0.39 is 31.6 Å². The molecule has 25 heavy (non-hydrogen) atoms.